The Morgan fingerprint density at radius 2 is 1.70 bits per heavy atom. The predicted molar refractivity (Wildman–Crippen MR) is 121 cm³/mol. The van der Waals surface area contributed by atoms with Gasteiger partial charge in [-0.05, 0) is 29.3 Å². The van der Waals surface area contributed by atoms with Gasteiger partial charge in [-0.1, -0.05) is 79.2 Å². The van der Waals surface area contributed by atoms with E-state index in [2.05, 4.69) is 28.1 Å². The summed E-state index contributed by atoms with van der Waals surface area (Å²) in [6, 6.07) is 19.0. The Morgan fingerprint density at radius 3 is 2.30 bits per heavy atom. The minimum Gasteiger partial charge on any atom is -0.351 e. The Bertz CT molecular complexity index is 1100. The Kier molecular flexibility index (Phi) is 4.83. The Labute approximate surface area is 185 Å². The number of Topliss-reactive ketones (excluding diaryl/α,β-unsaturated/α-hetero) is 1. The number of nitriles is 2. The monoisotopic (exact) mass is 459 g/mol. The molecule has 2 aromatic carbocycles. The molecule has 4 rings (SSSR count). The number of benzene rings is 2. The van der Waals surface area contributed by atoms with Crippen molar-refractivity contribution in [3.8, 4) is 12.1 Å². The molecule has 2 aliphatic rings. The fraction of sp³-hybridized carbons (Fsp3) is 0.320. The topological polar surface area (TPSA) is 67.9 Å². The molecule has 0 bridgehead atoms. The molecule has 5 heteroatoms. The lowest BCUT2D eigenvalue weighted by Gasteiger charge is -2.37. The number of nitrogens with zero attached hydrogens (tertiary/aromatic N) is 3. The van der Waals surface area contributed by atoms with Gasteiger partial charge in [0.15, 0.2) is 11.2 Å². The van der Waals surface area contributed by atoms with E-state index in [0.717, 1.165) is 21.3 Å². The normalized spacial score (nSPS) is 23.8. The molecule has 0 unspecified atom stereocenters. The predicted octanol–water partition coefficient (Wildman–Crippen LogP) is 5.47. The van der Waals surface area contributed by atoms with Crippen molar-refractivity contribution in [3.63, 3.8) is 0 Å². The maximum absolute atomic E-state index is 13.8. The molecule has 1 fully saturated rings. The highest BCUT2D eigenvalue weighted by molar-refractivity contribution is 9.10. The maximum Gasteiger partial charge on any atom is 0.176 e. The lowest BCUT2D eigenvalue weighted by molar-refractivity contribution is -0.127. The molecule has 0 saturated carbocycles. The van der Waals surface area contributed by atoms with Gasteiger partial charge in [-0.25, -0.2) is 0 Å². The first-order valence-electron chi connectivity index (χ1n) is 9.92. The number of para-hydroxylation sites is 1. The van der Waals surface area contributed by atoms with Crippen LogP contribution in [0.4, 0.5) is 5.69 Å². The van der Waals surface area contributed by atoms with Crippen molar-refractivity contribution in [2.24, 2.45) is 10.8 Å². The number of hydrogen-bond donors (Lipinski definition) is 0. The van der Waals surface area contributed by atoms with E-state index < -0.39 is 28.8 Å². The van der Waals surface area contributed by atoms with Gasteiger partial charge >= 0.3 is 0 Å². The maximum atomic E-state index is 13.8. The van der Waals surface area contributed by atoms with Crippen LogP contribution in [0.15, 0.2) is 59.1 Å². The van der Waals surface area contributed by atoms with E-state index in [9.17, 15) is 15.3 Å². The first kappa shape index (κ1) is 20.4. The molecule has 0 aliphatic carbocycles. The van der Waals surface area contributed by atoms with Gasteiger partial charge in [0.1, 0.15) is 0 Å². The van der Waals surface area contributed by atoms with Crippen LogP contribution in [0.25, 0.3) is 6.08 Å². The van der Waals surface area contributed by atoms with E-state index in [1.807, 2.05) is 86.4 Å². The molecule has 0 N–H and O–H groups in total. The van der Waals surface area contributed by atoms with Crippen LogP contribution in [0.3, 0.4) is 0 Å². The van der Waals surface area contributed by atoms with Crippen LogP contribution in [-0.4, -0.2) is 17.9 Å². The van der Waals surface area contributed by atoms with Crippen molar-refractivity contribution in [3.05, 3.63) is 70.2 Å². The fourth-order valence-corrected chi connectivity index (χ4v) is 4.99. The number of carbonyl (C=O) groups is 1. The van der Waals surface area contributed by atoms with Crippen molar-refractivity contribution in [2.75, 3.05) is 4.90 Å². The third-order valence-electron chi connectivity index (χ3n) is 6.15. The number of anilines is 1. The zero-order chi connectivity index (χ0) is 21.7. The Morgan fingerprint density at radius 1 is 1.07 bits per heavy atom. The molecule has 2 aromatic rings. The second-order valence-electron chi connectivity index (χ2n) is 8.95. The molecule has 0 spiro atoms. The second kappa shape index (κ2) is 7.11. The van der Waals surface area contributed by atoms with Crippen LogP contribution in [0.2, 0.25) is 0 Å². The van der Waals surface area contributed by atoms with Gasteiger partial charge in [-0.2, -0.15) is 10.5 Å². The van der Waals surface area contributed by atoms with E-state index in [0.29, 0.717) is 0 Å². The summed E-state index contributed by atoms with van der Waals surface area (Å²) in [5.41, 5.74) is 0.691. The van der Waals surface area contributed by atoms with E-state index >= 15 is 0 Å². The summed E-state index contributed by atoms with van der Waals surface area (Å²) >= 11 is 3.46. The highest BCUT2D eigenvalue weighted by atomic mass is 79.9. The number of rotatable bonds is 2. The van der Waals surface area contributed by atoms with Gasteiger partial charge in [0.2, 0.25) is 0 Å². The number of halogens is 1. The SMILES string of the molecule is CC(C)(C)C(=O)[C@@H]1[C@@H](c2ccc(Br)cc2)C(C#N)(C#N)[C@@H]2C=Cc3ccccc3N12. The van der Waals surface area contributed by atoms with Gasteiger partial charge in [0.05, 0.1) is 24.2 Å². The summed E-state index contributed by atoms with van der Waals surface area (Å²) in [4.78, 5) is 15.8. The largest absolute Gasteiger partial charge is 0.351 e. The zero-order valence-electron chi connectivity index (χ0n) is 17.1. The van der Waals surface area contributed by atoms with Gasteiger partial charge in [0.25, 0.3) is 0 Å². The summed E-state index contributed by atoms with van der Waals surface area (Å²) in [7, 11) is 0. The van der Waals surface area contributed by atoms with E-state index in [4.69, 9.17) is 0 Å². The van der Waals surface area contributed by atoms with Crippen LogP contribution in [0.1, 0.15) is 37.8 Å². The first-order chi connectivity index (χ1) is 14.2. The third kappa shape index (κ3) is 2.89. The molecule has 4 nitrogen and oxygen atoms in total. The molecule has 3 atom stereocenters. The minimum atomic E-state index is -1.39. The van der Waals surface area contributed by atoms with Crippen LogP contribution in [0, 0.1) is 33.5 Å². The summed E-state index contributed by atoms with van der Waals surface area (Å²) in [6.07, 6.45) is 3.87. The second-order valence-corrected chi connectivity index (χ2v) is 9.87. The van der Waals surface area contributed by atoms with Crippen molar-refractivity contribution in [2.45, 2.75) is 38.8 Å². The van der Waals surface area contributed by atoms with Crippen LogP contribution in [0.5, 0.6) is 0 Å². The molecule has 150 valence electrons. The number of hydrogen-bond acceptors (Lipinski definition) is 4. The molecule has 1 saturated heterocycles. The first-order valence-corrected chi connectivity index (χ1v) is 10.7. The van der Waals surface area contributed by atoms with E-state index in [-0.39, 0.29) is 5.78 Å². The molecule has 2 heterocycles. The summed E-state index contributed by atoms with van der Waals surface area (Å²) in [5.74, 6) is -0.550. The molecular formula is C25H22BrN3O. The van der Waals surface area contributed by atoms with Crippen molar-refractivity contribution < 1.29 is 4.79 Å². The standard InChI is InChI=1S/C25H22BrN3O/c1-24(2,3)23(30)22-21(17-8-11-18(26)12-9-17)25(14-27,15-28)20-13-10-16-6-4-5-7-19(16)29(20)22/h4-13,20-22H,1-3H3/t20-,21+,22-/m0/s1. The molecule has 2 aliphatic heterocycles. The lowest BCUT2D eigenvalue weighted by Crippen LogP contribution is -2.47. The van der Waals surface area contributed by atoms with Crippen molar-refractivity contribution >= 4 is 33.5 Å². The highest BCUT2D eigenvalue weighted by Gasteiger charge is 2.64. The molecule has 0 amide bonds. The average Bonchev–Trinajstić information content (AvgIpc) is 3.04. The number of fused-ring (bicyclic) bond motifs is 3. The Hall–Kier alpha value is -2.89. The summed E-state index contributed by atoms with van der Waals surface area (Å²) < 4.78 is 0.908. The molecule has 0 aromatic heterocycles. The van der Waals surface area contributed by atoms with Crippen molar-refractivity contribution in [1.29, 1.82) is 10.5 Å². The molecular weight excluding hydrogens is 438 g/mol. The van der Waals surface area contributed by atoms with Crippen molar-refractivity contribution in [1.82, 2.24) is 0 Å². The fourth-order valence-electron chi connectivity index (χ4n) is 4.72. The van der Waals surface area contributed by atoms with Gasteiger partial charge in [-0.15, -0.1) is 0 Å². The van der Waals surface area contributed by atoms with Crippen LogP contribution >= 0.6 is 15.9 Å². The Balaban J connectivity index is 2.02. The minimum absolute atomic E-state index is 0.0258. The van der Waals surface area contributed by atoms with Gasteiger partial charge in [-0.3, -0.25) is 4.79 Å². The van der Waals surface area contributed by atoms with Crippen LogP contribution < -0.4 is 4.90 Å². The van der Waals surface area contributed by atoms with Crippen LogP contribution in [-0.2, 0) is 4.79 Å². The summed E-state index contributed by atoms with van der Waals surface area (Å²) in [6.45, 7) is 5.69. The smallest absolute Gasteiger partial charge is 0.176 e. The number of carbonyl (C=O) groups excluding carboxylic acids is 1. The van der Waals surface area contributed by atoms with Gasteiger partial charge < -0.3 is 4.90 Å². The molecule has 0 radical (unpaired) electrons. The third-order valence-corrected chi connectivity index (χ3v) is 6.68. The average molecular weight is 460 g/mol. The highest BCUT2D eigenvalue weighted by Crippen LogP contribution is 2.56. The summed E-state index contributed by atoms with van der Waals surface area (Å²) in [5, 5.41) is 20.7. The number of ketones is 1. The quantitative estimate of drug-likeness (QED) is 0.597. The lowest BCUT2D eigenvalue weighted by atomic mass is 9.68. The van der Waals surface area contributed by atoms with E-state index in [1.165, 1.54) is 0 Å². The molecule has 30 heavy (non-hydrogen) atoms. The zero-order valence-corrected chi connectivity index (χ0v) is 18.7. The van der Waals surface area contributed by atoms with Gasteiger partial charge in [0, 0.05) is 21.5 Å². The van der Waals surface area contributed by atoms with E-state index in [1.54, 1.807) is 0 Å².